The van der Waals surface area contributed by atoms with Crippen molar-refractivity contribution in [3.63, 3.8) is 0 Å². The summed E-state index contributed by atoms with van der Waals surface area (Å²) in [6, 6.07) is 8.00. The minimum absolute atomic E-state index is 0.0456. The highest BCUT2D eigenvalue weighted by molar-refractivity contribution is 5.87. The Kier molecular flexibility index (Phi) is 4.51. The molecule has 1 unspecified atom stereocenters. The molecular weight excluding hydrogens is 326 g/mol. The van der Waals surface area contributed by atoms with Crippen molar-refractivity contribution in [3.05, 3.63) is 42.5 Å². The van der Waals surface area contributed by atoms with Gasteiger partial charge in [0.25, 0.3) is 0 Å². The van der Waals surface area contributed by atoms with E-state index >= 15 is 0 Å². The summed E-state index contributed by atoms with van der Waals surface area (Å²) in [5.74, 6) is 0.211. The van der Waals surface area contributed by atoms with Gasteiger partial charge in [0.05, 0.1) is 41.9 Å². The second kappa shape index (κ2) is 6.96. The van der Waals surface area contributed by atoms with E-state index in [9.17, 15) is 4.79 Å². The second-order valence-corrected chi connectivity index (χ2v) is 7.06. The summed E-state index contributed by atoms with van der Waals surface area (Å²) in [7, 11) is 1.97. The Morgan fingerprint density at radius 2 is 2.00 bits per heavy atom. The molecule has 1 fully saturated rings. The number of likely N-dealkylation sites (tertiary alicyclic amines) is 1. The maximum absolute atomic E-state index is 12.6. The van der Waals surface area contributed by atoms with E-state index in [4.69, 9.17) is 0 Å². The van der Waals surface area contributed by atoms with Crippen molar-refractivity contribution in [1.29, 1.82) is 0 Å². The first kappa shape index (κ1) is 16.8. The number of carbonyl (C=O) groups is 1. The third-order valence-electron chi connectivity index (χ3n) is 5.26. The summed E-state index contributed by atoms with van der Waals surface area (Å²) < 4.78 is 1.98. The lowest BCUT2D eigenvalue weighted by Crippen LogP contribution is -2.37. The fourth-order valence-electron chi connectivity index (χ4n) is 3.63. The zero-order valence-corrected chi connectivity index (χ0v) is 15.2. The van der Waals surface area contributed by atoms with E-state index in [-0.39, 0.29) is 11.8 Å². The number of aromatic nitrogens is 4. The first-order valence-electron chi connectivity index (χ1n) is 9.11. The molecule has 0 radical (unpaired) electrons. The lowest BCUT2D eigenvalue weighted by Gasteiger charge is -2.22. The van der Waals surface area contributed by atoms with Crippen LogP contribution >= 0.6 is 0 Å². The number of benzene rings is 1. The minimum atomic E-state index is -0.0456. The van der Waals surface area contributed by atoms with E-state index in [1.807, 2.05) is 42.9 Å². The monoisotopic (exact) mass is 349 g/mol. The molecule has 1 aliphatic heterocycles. The van der Waals surface area contributed by atoms with Crippen LogP contribution in [0.4, 0.5) is 0 Å². The first-order chi connectivity index (χ1) is 12.6. The molecule has 6 heteroatoms. The Hall–Kier alpha value is -2.60. The Morgan fingerprint density at radius 3 is 2.73 bits per heavy atom. The number of fused-ring (bicyclic) bond motifs is 1. The van der Waals surface area contributed by atoms with Crippen LogP contribution in [0.25, 0.3) is 22.2 Å². The minimum Gasteiger partial charge on any atom is -0.334 e. The molecule has 1 aromatic carbocycles. The van der Waals surface area contributed by atoms with E-state index in [2.05, 4.69) is 26.1 Å². The molecule has 0 N–H and O–H groups in total. The van der Waals surface area contributed by atoms with Gasteiger partial charge in [0.2, 0.25) is 0 Å². The van der Waals surface area contributed by atoms with Crippen molar-refractivity contribution in [2.45, 2.75) is 32.2 Å². The molecule has 6 nitrogen and oxygen atoms in total. The summed E-state index contributed by atoms with van der Waals surface area (Å²) in [6.07, 6.45) is 6.33. The van der Waals surface area contributed by atoms with Gasteiger partial charge in [0, 0.05) is 18.0 Å². The van der Waals surface area contributed by atoms with Crippen LogP contribution in [0.3, 0.4) is 0 Å². The highest BCUT2D eigenvalue weighted by atomic mass is 16.1. The van der Waals surface area contributed by atoms with Crippen LogP contribution in [-0.2, 0) is 18.3 Å². The van der Waals surface area contributed by atoms with Gasteiger partial charge in [0.1, 0.15) is 0 Å². The molecule has 0 aliphatic carbocycles. The average molecular weight is 349 g/mol. The molecule has 0 saturated carbocycles. The van der Waals surface area contributed by atoms with Crippen molar-refractivity contribution in [1.82, 2.24) is 24.6 Å². The first-order valence-corrected chi connectivity index (χ1v) is 9.11. The van der Waals surface area contributed by atoms with Crippen molar-refractivity contribution in [2.24, 2.45) is 7.05 Å². The molecule has 0 amide bonds. The highest BCUT2D eigenvalue weighted by Crippen LogP contribution is 2.23. The third-order valence-corrected chi connectivity index (χ3v) is 5.26. The molecule has 0 bridgehead atoms. The molecule has 0 spiro atoms. The van der Waals surface area contributed by atoms with Crippen LogP contribution in [0.1, 0.15) is 25.5 Å². The van der Waals surface area contributed by atoms with Crippen LogP contribution in [0.15, 0.2) is 36.8 Å². The molecule has 134 valence electrons. The number of imidazole rings is 1. The molecule has 1 aliphatic rings. The third kappa shape index (κ3) is 3.24. The van der Waals surface area contributed by atoms with Gasteiger partial charge in [-0.15, -0.1) is 0 Å². The summed E-state index contributed by atoms with van der Waals surface area (Å²) in [5, 5.41) is 9.55. The number of rotatable bonds is 5. The molecule has 26 heavy (non-hydrogen) atoms. The van der Waals surface area contributed by atoms with Gasteiger partial charge < -0.3 is 4.57 Å². The number of nitrogens with zero attached hydrogens (tertiary/aromatic N) is 5. The maximum Gasteiger partial charge on any atom is 0.155 e. The predicted octanol–water partition coefficient (Wildman–Crippen LogP) is 2.63. The number of carbonyl (C=O) groups excluding carboxylic acids is 1. The molecule has 4 rings (SSSR count). The molecular formula is C20H23N5O. The van der Waals surface area contributed by atoms with Gasteiger partial charge in [-0.05, 0) is 51.1 Å². The quantitative estimate of drug-likeness (QED) is 0.708. The summed E-state index contributed by atoms with van der Waals surface area (Å²) >= 11 is 0. The van der Waals surface area contributed by atoms with Crippen LogP contribution < -0.4 is 0 Å². The van der Waals surface area contributed by atoms with E-state index < -0.39 is 0 Å². The van der Waals surface area contributed by atoms with Crippen molar-refractivity contribution in [3.8, 4) is 11.3 Å². The fourth-order valence-corrected chi connectivity index (χ4v) is 3.63. The molecule has 2 aromatic heterocycles. The van der Waals surface area contributed by atoms with Crippen LogP contribution in [0, 0.1) is 0 Å². The van der Waals surface area contributed by atoms with E-state index in [1.165, 1.54) is 12.8 Å². The molecule has 3 aromatic rings. The van der Waals surface area contributed by atoms with Gasteiger partial charge in [-0.25, -0.2) is 4.98 Å². The second-order valence-electron chi connectivity index (χ2n) is 7.06. The van der Waals surface area contributed by atoms with Gasteiger partial charge in [-0.2, -0.15) is 10.2 Å². The van der Waals surface area contributed by atoms with Gasteiger partial charge >= 0.3 is 0 Å². The Labute approximate surface area is 152 Å². The van der Waals surface area contributed by atoms with Crippen molar-refractivity contribution in [2.75, 3.05) is 13.1 Å². The van der Waals surface area contributed by atoms with E-state index in [0.717, 1.165) is 40.9 Å². The Balaban J connectivity index is 1.58. The van der Waals surface area contributed by atoms with Crippen LogP contribution in [0.2, 0.25) is 0 Å². The lowest BCUT2D eigenvalue weighted by molar-refractivity contribution is -0.122. The number of hydrogen-bond donors (Lipinski definition) is 0. The largest absolute Gasteiger partial charge is 0.334 e. The zero-order chi connectivity index (χ0) is 18.1. The van der Waals surface area contributed by atoms with Crippen molar-refractivity contribution < 1.29 is 4.79 Å². The van der Waals surface area contributed by atoms with Gasteiger partial charge in [0.15, 0.2) is 5.78 Å². The number of Topliss-reactive ketones (excluding diaryl/α,β-unsaturated/α-hetero) is 1. The summed E-state index contributed by atoms with van der Waals surface area (Å²) in [5.41, 5.74) is 3.69. The van der Waals surface area contributed by atoms with Crippen LogP contribution in [-0.4, -0.2) is 49.6 Å². The van der Waals surface area contributed by atoms with Gasteiger partial charge in [-0.1, -0.05) is 6.07 Å². The van der Waals surface area contributed by atoms with Crippen molar-refractivity contribution >= 4 is 16.7 Å². The molecule has 3 heterocycles. The lowest BCUT2D eigenvalue weighted by atomic mass is 10.1. The Morgan fingerprint density at radius 1 is 1.19 bits per heavy atom. The standard InChI is InChI=1S/C20H23N5O/c1-14(25-7-3-4-8-25)20(26)11-17-10-16-9-15(5-6-18(16)23-22-17)19-12-21-13-24(19)2/h5-6,9-10,12-14H,3-4,7-8,11H2,1-2H3. The van der Waals surface area contributed by atoms with E-state index in [0.29, 0.717) is 6.42 Å². The van der Waals surface area contributed by atoms with Crippen LogP contribution in [0.5, 0.6) is 0 Å². The Bertz CT molecular complexity index is 942. The summed E-state index contributed by atoms with van der Waals surface area (Å²) in [4.78, 5) is 19.1. The maximum atomic E-state index is 12.6. The molecule has 1 atom stereocenters. The smallest absolute Gasteiger partial charge is 0.155 e. The average Bonchev–Trinajstić information content (AvgIpc) is 3.32. The molecule has 1 saturated heterocycles. The van der Waals surface area contributed by atoms with E-state index in [1.54, 1.807) is 6.33 Å². The zero-order valence-electron chi connectivity index (χ0n) is 15.2. The SMILES string of the molecule is CC(C(=O)Cc1cc2cc(-c3cncn3C)ccc2nn1)N1CCCC1. The topological polar surface area (TPSA) is 63.9 Å². The highest BCUT2D eigenvalue weighted by Gasteiger charge is 2.24. The number of hydrogen-bond acceptors (Lipinski definition) is 5. The normalized spacial score (nSPS) is 16.2. The fraction of sp³-hybridized carbons (Fsp3) is 0.400. The van der Waals surface area contributed by atoms with Gasteiger partial charge in [-0.3, -0.25) is 9.69 Å². The number of ketones is 1. The number of aryl methyl sites for hydroxylation is 1. The summed E-state index contributed by atoms with van der Waals surface area (Å²) in [6.45, 7) is 4.04. The predicted molar refractivity (Wildman–Crippen MR) is 101 cm³/mol.